The SMILES string of the molecule is COC(=O)c1ccc(C(=O)N(CCN2CCOCC2)c2nc3ccc(SC)cc3s2)cc1. The van der Waals surface area contributed by atoms with E-state index in [1.165, 1.54) is 18.4 Å². The summed E-state index contributed by atoms with van der Waals surface area (Å²) in [7, 11) is 1.34. The summed E-state index contributed by atoms with van der Waals surface area (Å²) in [6.45, 7) is 4.39. The monoisotopic (exact) mass is 471 g/mol. The van der Waals surface area contributed by atoms with Gasteiger partial charge < -0.3 is 9.47 Å². The number of anilines is 1. The molecule has 1 aromatic heterocycles. The maximum atomic E-state index is 13.5. The molecule has 168 valence electrons. The number of nitrogens with zero attached hydrogens (tertiary/aromatic N) is 3. The number of thioether (sulfide) groups is 1. The highest BCUT2D eigenvalue weighted by atomic mass is 32.2. The molecule has 0 saturated carbocycles. The zero-order valence-corrected chi connectivity index (χ0v) is 19.7. The van der Waals surface area contributed by atoms with E-state index in [2.05, 4.69) is 11.0 Å². The van der Waals surface area contributed by atoms with Crippen molar-refractivity contribution in [1.29, 1.82) is 0 Å². The average molecular weight is 472 g/mol. The number of esters is 1. The summed E-state index contributed by atoms with van der Waals surface area (Å²) in [5.41, 5.74) is 1.80. The van der Waals surface area contributed by atoms with E-state index in [0.29, 0.717) is 36.0 Å². The van der Waals surface area contributed by atoms with E-state index in [-0.39, 0.29) is 5.91 Å². The summed E-state index contributed by atoms with van der Waals surface area (Å²) in [4.78, 5) is 35.2. The largest absolute Gasteiger partial charge is 0.465 e. The number of carbonyl (C=O) groups excluding carboxylic acids is 2. The minimum absolute atomic E-state index is 0.140. The van der Waals surface area contributed by atoms with Crippen molar-refractivity contribution in [3.8, 4) is 0 Å². The van der Waals surface area contributed by atoms with E-state index in [1.807, 2.05) is 18.4 Å². The number of thiazole rings is 1. The zero-order valence-electron chi connectivity index (χ0n) is 18.1. The second-order valence-electron chi connectivity index (χ2n) is 7.31. The standard InChI is InChI=1S/C23H25N3O4S2/c1-29-22(28)17-5-3-16(4-6-17)21(27)26(10-9-25-11-13-30-14-12-25)23-24-19-8-7-18(31-2)15-20(19)32-23/h3-8,15H,9-14H2,1-2H3. The van der Waals surface area contributed by atoms with E-state index in [4.69, 9.17) is 14.5 Å². The molecule has 0 radical (unpaired) electrons. The number of carbonyl (C=O) groups is 2. The predicted octanol–water partition coefficient (Wildman–Crippen LogP) is 3.78. The quantitative estimate of drug-likeness (QED) is 0.384. The number of amides is 1. The van der Waals surface area contributed by atoms with E-state index in [1.54, 1.807) is 40.9 Å². The van der Waals surface area contributed by atoms with Gasteiger partial charge in [-0.05, 0) is 48.7 Å². The van der Waals surface area contributed by atoms with Crippen LogP contribution in [0, 0.1) is 0 Å². The Morgan fingerprint density at radius 3 is 2.56 bits per heavy atom. The molecule has 0 N–H and O–H groups in total. The maximum Gasteiger partial charge on any atom is 0.337 e. The number of methoxy groups -OCH3 is 1. The molecular formula is C23H25N3O4S2. The molecule has 3 aromatic rings. The maximum absolute atomic E-state index is 13.5. The predicted molar refractivity (Wildman–Crippen MR) is 128 cm³/mol. The van der Waals surface area contributed by atoms with Crippen LogP contribution in [0.1, 0.15) is 20.7 Å². The molecule has 1 aliphatic heterocycles. The van der Waals surface area contributed by atoms with Crippen molar-refractivity contribution >= 4 is 50.3 Å². The fraction of sp³-hybridized carbons (Fsp3) is 0.348. The molecule has 1 aliphatic rings. The highest BCUT2D eigenvalue weighted by Gasteiger charge is 2.23. The highest BCUT2D eigenvalue weighted by molar-refractivity contribution is 7.98. The van der Waals surface area contributed by atoms with Crippen molar-refractivity contribution in [2.45, 2.75) is 4.90 Å². The Bertz CT molecular complexity index is 1090. The number of rotatable bonds is 7. The number of morpholine rings is 1. The van der Waals surface area contributed by atoms with Gasteiger partial charge in [0.05, 0.1) is 36.1 Å². The summed E-state index contributed by atoms with van der Waals surface area (Å²) in [6.07, 6.45) is 2.04. The van der Waals surface area contributed by atoms with E-state index < -0.39 is 5.97 Å². The lowest BCUT2D eigenvalue weighted by Gasteiger charge is -2.29. The molecule has 0 aliphatic carbocycles. The lowest BCUT2D eigenvalue weighted by molar-refractivity contribution is 0.0391. The van der Waals surface area contributed by atoms with E-state index in [0.717, 1.165) is 34.7 Å². The second kappa shape index (κ2) is 10.4. The van der Waals surface area contributed by atoms with Gasteiger partial charge in [-0.15, -0.1) is 11.8 Å². The van der Waals surface area contributed by atoms with E-state index in [9.17, 15) is 9.59 Å². The first kappa shape index (κ1) is 22.7. The Morgan fingerprint density at radius 2 is 1.88 bits per heavy atom. The molecular weight excluding hydrogens is 446 g/mol. The molecule has 1 fully saturated rings. The molecule has 7 nitrogen and oxygen atoms in total. The number of hydrogen-bond acceptors (Lipinski definition) is 8. The molecule has 1 amide bonds. The van der Waals surface area contributed by atoms with Crippen molar-refractivity contribution in [2.24, 2.45) is 0 Å². The van der Waals surface area contributed by atoms with Crippen molar-refractivity contribution in [1.82, 2.24) is 9.88 Å². The third kappa shape index (κ3) is 5.12. The van der Waals surface area contributed by atoms with Gasteiger partial charge in [0.25, 0.3) is 5.91 Å². The Kier molecular flexibility index (Phi) is 7.41. The Hall–Kier alpha value is -2.46. The van der Waals surface area contributed by atoms with Crippen LogP contribution < -0.4 is 4.90 Å². The molecule has 1 saturated heterocycles. The Labute approximate surface area is 195 Å². The normalized spacial score (nSPS) is 14.4. The van der Waals surface area contributed by atoms with Gasteiger partial charge in [-0.1, -0.05) is 11.3 Å². The lowest BCUT2D eigenvalue weighted by Crippen LogP contribution is -2.43. The molecule has 0 spiro atoms. The van der Waals surface area contributed by atoms with Crippen LogP contribution in [0.15, 0.2) is 47.4 Å². The number of ether oxygens (including phenoxy) is 2. The van der Waals surface area contributed by atoms with Crippen LogP contribution in [0.4, 0.5) is 5.13 Å². The van der Waals surface area contributed by atoms with Gasteiger partial charge in [-0.3, -0.25) is 14.6 Å². The van der Waals surface area contributed by atoms with Crippen LogP contribution in [0.25, 0.3) is 10.2 Å². The third-order valence-electron chi connectivity index (χ3n) is 5.36. The van der Waals surface area contributed by atoms with Gasteiger partial charge in [0.1, 0.15) is 0 Å². The topological polar surface area (TPSA) is 72.0 Å². The fourth-order valence-corrected chi connectivity index (χ4v) is 5.05. The fourth-order valence-electron chi connectivity index (χ4n) is 3.51. The van der Waals surface area contributed by atoms with Gasteiger partial charge in [0, 0.05) is 36.6 Å². The van der Waals surface area contributed by atoms with Crippen molar-refractivity contribution in [3.63, 3.8) is 0 Å². The molecule has 0 bridgehead atoms. The molecule has 2 aromatic carbocycles. The summed E-state index contributed by atoms with van der Waals surface area (Å²) in [5.74, 6) is -0.567. The van der Waals surface area contributed by atoms with Crippen LogP contribution in [0.5, 0.6) is 0 Å². The van der Waals surface area contributed by atoms with Crippen LogP contribution in [0.2, 0.25) is 0 Å². The summed E-state index contributed by atoms with van der Waals surface area (Å²) in [6, 6.07) is 12.7. The number of benzene rings is 2. The number of fused-ring (bicyclic) bond motifs is 1. The lowest BCUT2D eigenvalue weighted by atomic mass is 10.1. The minimum atomic E-state index is -0.427. The van der Waals surface area contributed by atoms with Gasteiger partial charge >= 0.3 is 5.97 Å². The van der Waals surface area contributed by atoms with Crippen molar-refractivity contribution in [3.05, 3.63) is 53.6 Å². The van der Waals surface area contributed by atoms with Crippen molar-refractivity contribution < 1.29 is 19.1 Å². The Morgan fingerprint density at radius 1 is 1.16 bits per heavy atom. The van der Waals surface area contributed by atoms with Gasteiger partial charge in [-0.2, -0.15) is 0 Å². The molecule has 2 heterocycles. The minimum Gasteiger partial charge on any atom is -0.465 e. The van der Waals surface area contributed by atoms with Crippen LogP contribution >= 0.6 is 23.1 Å². The molecule has 0 atom stereocenters. The second-order valence-corrected chi connectivity index (χ2v) is 9.20. The highest BCUT2D eigenvalue weighted by Crippen LogP contribution is 2.32. The molecule has 4 rings (SSSR count). The van der Waals surface area contributed by atoms with Crippen LogP contribution in [-0.2, 0) is 9.47 Å². The van der Waals surface area contributed by atoms with Crippen LogP contribution in [0.3, 0.4) is 0 Å². The third-order valence-corrected chi connectivity index (χ3v) is 7.12. The zero-order chi connectivity index (χ0) is 22.5. The summed E-state index contributed by atoms with van der Waals surface area (Å²) >= 11 is 3.20. The molecule has 0 unspecified atom stereocenters. The average Bonchev–Trinajstić information content (AvgIpc) is 3.27. The Balaban J connectivity index is 1.62. The van der Waals surface area contributed by atoms with Gasteiger partial charge in [-0.25, -0.2) is 9.78 Å². The molecule has 9 heteroatoms. The van der Waals surface area contributed by atoms with Crippen LogP contribution in [-0.4, -0.2) is 74.5 Å². The first-order chi connectivity index (χ1) is 15.6. The molecule has 32 heavy (non-hydrogen) atoms. The van der Waals surface area contributed by atoms with E-state index >= 15 is 0 Å². The smallest absolute Gasteiger partial charge is 0.337 e. The first-order valence-electron chi connectivity index (χ1n) is 10.3. The van der Waals surface area contributed by atoms with Gasteiger partial charge in [0.2, 0.25) is 0 Å². The number of hydrogen-bond donors (Lipinski definition) is 0. The summed E-state index contributed by atoms with van der Waals surface area (Å²) < 4.78 is 11.2. The van der Waals surface area contributed by atoms with Crippen molar-refractivity contribution in [2.75, 3.05) is 57.7 Å². The number of aromatic nitrogens is 1. The summed E-state index contributed by atoms with van der Waals surface area (Å²) in [5, 5.41) is 0.675. The first-order valence-corrected chi connectivity index (χ1v) is 12.4. The van der Waals surface area contributed by atoms with Gasteiger partial charge in [0.15, 0.2) is 5.13 Å².